The minimum Gasteiger partial charge on any atom is -0.337 e. The number of allylic oxidation sites excluding steroid dienone is 1. The molecule has 4 nitrogen and oxygen atoms in total. The topological polar surface area (TPSA) is 45.2 Å². The van der Waals surface area contributed by atoms with Crippen LogP contribution in [0.1, 0.15) is 12.0 Å². The number of hydrogen-bond acceptors (Lipinski definition) is 3. The average Bonchev–Trinajstić information content (AvgIpc) is 2.95. The number of carbonyl (C=O) groups excluding carboxylic acids is 1. The number of urea groups is 1. The molecule has 2 amide bonds. The van der Waals surface area contributed by atoms with Crippen molar-refractivity contribution in [1.82, 2.24) is 15.2 Å². The van der Waals surface area contributed by atoms with Crippen molar-refractivity contribution in [3.05, 3.63) is 52.8 Å². The molecule has 0 aliphatic carbocycles. The van der Waals surface area contributed by atoms with Crippen LogP contribution in [0.3, 0.4) is 0 Å². The molecule has 0 saturated carbocycles. The Morgan fingerprint density at radius 3 is 3.10 bits per heavy atom. The summed E-state index contributed by atoms with van der Waals surface area (Å²) >= 11 is 1.83. The Bertz CT molecular complexity index is 553. The van der Waals surface area contributed by atoms with Crippen LogP contribution in [0.25, 0.3) is 0 Å². The van der Waals surface area contributed by atoms with Gasteiger partial charge in [-0.1, -0.05) is 6.08 Å². The molecule has 1 N–H and O–H groups in total. The number of aromatic nitrogens is 1. The van der Waals surface area contributed by atoms with Crippen molar-refractivity contribution in [3.8, 4) is 0 Å². The van der Waals surface area contributed by atoms with E-state index < -0.39 is 0 Å². The lowest BCUT2D eigenvalue weighted by Crippen LogP contribution is -2.38. The minimum atomic E-state index is -0.0191. The minimum absolute atomic E-state index is 0.0191. The van der Waals surface area contributed by atoms with E-state index in [4.69, 9.17) is 0 Å². The van der Waals surface area contributed by atoms with Crippen molar-refractivity contribution in [2.45, 2.75) is 12.8 Å². The SMILES string of the molecule is O=C(NCCc1ccncc1)N1C=C2SCCC2=CC1. The fourth-order valence-corrected chi connectivity index (χ4v) is 3.43. The van der Waals surface area contributed by atoms with E-state index in [1.54, 1.807) is 17.3 Å². The van der Waals surface area contributed by atoms with Gasteiger partial charge in [-0.3, -0.25) is 9.88 Å². The van der Waals surface area contributed by atoms with Gasteiger partial charge in [-0.05, 0) is 36.1 Å². The smallest absolute Gasteiger partial charge is 0.321 e. The van der Waals surface area contributed by atoms with Crippen LogP contribution in [-0.2, 0) is 6.42 Å². The molecular weight excluding hydrogens is 270 g/mol. The van der Waals surface area contributed by atoms with Crippen LogP contribution in [0.2, 0.25) is 0 Å². The van der Waals surface area contributed by atoms with Crippen LogP contribution < -0.4 is 5.32 Å². The zero-order chi connectivity index (χ0) is 13.8. The standard InChI is InChI=1S/C15H17N3OS/c19-15(17-8-3-12-1-6-16-7-2-12)18-9-4-13-5-10-20-14(13)11-18/h1-2,4,6-7,11H,3,5,8-10H2,(H,17,19). The molecule has 0 aromatic carbocycles. The molecule has 0 unspecified atom stereocenters. The Labute approximate surface area is 123 Å². The van der Waals surface area contributed by atoms with Crippen LogP contribution in [-0.4, -0.2) is 34.8 Å². The first-order valence-electron chi connectivity index (χ1n) is 6.80. The quantitative estimate of drug-likeness (QED) is 0.929. The van der Waals surface area contributed by atoms with Gasteiger partial charge >= 0.3 is 6.03 Å². The Morgan fingerprint density at radius 2 is 2.25 bits per heavy atom. The second-order valence-corrected chi connectivity index (χ2v) is 5.95. The van der Waals surface area contributed by atoms with E-state index in [9.17, 15) is 4.79 Å². The summed E-state index contributed by atoms with van der Waals surface area (Å²) in [6.45, 7) is 1.33. The number of nitrogens with one attached hydrogen (secondary N) is 1. The summed E-state index contributed by atoms with van der Waals surface area (Å²) in [4.78, 5) is 19.1. The predicted octanol–water partition coefficient (Wildman–Crippen LogP) is 2.55. The van der Waals surface area contributed by atoms with Crippen molar-refractivity contribution in [2.24, 2.45) is 0 Å². The molecule has 1 saturated heterocycles. The molecule has 3 heterocycles. The number of thioether (sulfide) groups is 1. The largest absolute Gasteiger partial charge is 0.337 e. The van der Waals surface area contributed by atoms with Crippen molar-refractivity contribution in [2.75, 3.05) is 18.8 Å². The third kappa shape index (κ3) is 3.04. The van der Waals surface area contributed by atoms with Crippen molar-refractivity contribution < 1.29 is 4.79 Å². The van der Waals surface area contributed by atoms with Gasteiger partial charge in [-0.15, -0.1) is 11.8 Å². The monoisotopic (exact) mass is 287 g/mol. The van der Waals surface area contributed by atoms with Crippen LogP contribution in [0.4, 0.5) is 4.79 Å². The molecular formula is C15H17N3OS. The summed E-state index contributed by atoms with van der Waals surface area (Å²) in [6.07, 6.45) is 9.65. The van der Waals surface area contributed by atoms with Crippen LogP contribution >= 0.6 is 11.8 Å². The van der Waals surface area contributed by atoms with E-state index in [1.807, 2.05) is 30.1 Å². The number of fused-ring (bicyclic) bond motifs is 1. The third-order valence-electron chi connectivity index (χ3n) is 3.45. The Balaban J connectivity index is 1.49. The molecule has 1 aromatic rings. The molecule has 0 bridgehead atoms. The molecule has 5 heteroatoms. The van der Waals surface area contributed by atoms with Gasteiger partial charge < -0.3 is 5.32 Å². The first-order chi connectivity index (χ1) is 9.83. The van der Waals surface area contributed by atoms with Crippen molar-refractivity contribution in [1.29, 1.82) is 0 Å². The fraction of sp³-hybridized carbons (Fsp3) is 0.333. The fourth-order valence-electron chi connectivity index (χ4n) is 2.32. The number of rotatable bonds is 3. The van der Waals surface area contributed by atoms with Gasteiger partial charge in [0, 0.05) is 42.3 Å². The number of nitrogens with zero attached hydrogens (tertiary/aromatic N) is 2. The molecule has 3 rings (SSSR count). The van der Waals surface area contributed by atoms with E-state index in [2.05, 4.69) is 16.4 Å². The molecule has 0 atom stereocenters. The summed E-state index contributed by atoms with van der Waals surface area (Å²) in [7, 11) is 0. The van der Waals surface area contributed by atoms with Gasteiger partial charge in [0.15, 0.2) is 0 Å². The van der Waals surface area contributed by atoms with E-state index in [-0.39, 0.29) is 6.03 Å². The second kappa shape index (κ2) is 6.13. The Kier molecular flexibility index (Phi) is 4.06. The molecule has 1 aromatic heterocycles. The van der Waals surface area contributed by atoms with E-state index in [1.165, 1.54) is 16.0 Å². The Morgan fingerprint density at radius 1 is 1.40 bits per heavy atom. The van der Waals surface area contributed by atoms with Gasteiger partial charge in [0.05, 0.1) is 0 Å². The van der Waals surface area contributed by atoms with Gasteiger partial charge in [0.25, 0.3) is 0 Å². The van der Waals surface area contributed by atoms with Gasteiger partial charge in [0.2, 0.25) is 0 Å². The lowest BCUT2D eigenvalue weighted by atomic mass is 10.1. The van der Waals surface area contributed by atoms with Crippen LogP contribution in [0.15, 0.2) is 47.3 Å². The van der Waals surface area contributed by atoms with E-state index in [0.29, 0.717) is 13.1 Å². The maximum absolute atomic E-state index is 12.1. The van der Waals surface area contributed by atoms with E-state index in [0.717, 1.165) is 18.6 Å². The van der Waals surface area contributed by atoms with Gasteiger partial charge in [-0.25, -0.2) is 4.79 Å². The summed E-state index contributed by atoms with van der Waals surface area (Å²) in [5.41, 5.74) is 2.58. The summed E-state index contributed by atoms with van der Waals surface area (Å²) in [6, 6.07) is 3.92. The van der Waals surface area contributed by atoms with Gasteiger partial charge in [-0.2, -0.15) is 0 Å². The molecule has 0 spiro atoms. The molecule has 2 aliphatic rings. The highest BCUT2D eigenvalue weighted by Crippen LogP contribution is 2.37. The summed E-state index contributed by atoms with van der Waals surface area (Å²) in [5.74, 6) is 1.13. The maximum atomic E-state index is 12.1. The highest BCUT2D eigenvalue weighted by molar-refractivity contribution is 8.03. The zero-order valence-electron chi connectivity index (χ0n) is 11.2. The second-order valence-electron chi connectivity index (χ2n) is 4.81. The molecule has 104 valence electrons. The average molecular weight is 287 g/mol. The molecule has 1 fully saturated rings. The number of carbonyl (C=O) groups is 1. The molecule has 20 heavy (non-hydrogen) atoms. The lowest BCUT2D eigenvalue weighted by Gasteiger charge is -2.22. The highest BCUT2D eigenvalue weighted by Gasteiger charge is 2.21. The Hall–Kier alpha value is -1.75. The van der Waals surface area contributed by atoms with Gasteiger partial charge in [0.1, 0.15) is 0 Å². The van der Waals surface area contributed by atoms with Crippen molar-refractivity contribution >= 4 is 17.8 Å². The zero-order valence-corrected chi connectivity index (χ0v) is 12.0. The van der Waals surface area contributed by atoms with Crippen molar-refractivity contribution in [3.63, 3.8) is 0 Å². The summed E-state index contributed by atoms with van der Waals surface area (Å²) in [5, 5.41) is 2.96. The molecule has 0 radical (unpaired) electrons. The first-order valence-corrected chi connectivity index (χ1v) is 7.79. The number of amides is 2. The number of hydrogen-bond donors (Lipinski definition) is 1. The summed E-state index contributed by atoms with van der Waals surface area (Å²) < 4.78 is 0. The third-order valence-corrected chi connectivity index (χ3v) is 4.54. The molecule has 2 aliphatic heterocycles. The lowest BCUT2D eigenvalue weighted by molar-refractivity contribution is 0.218. The van der Waals surface area contributed by atoms with E-state index >= 15 is 0 Å². The maximum Gasteiger partial charge on any atom is 0.321 e. The normalized spacial score (nSPS) is 17.3. The van der Waals surface area contributed by atoms with Crippen LogP contribution in [0, 0.1) is 0 Å². The first kappa shape index (κ1) is 13.2. The predicted molar refractivity (Wildman–Crippen MR) is 81.3 cm³/mol. The van der Waals surface area contributed by atoms with Crippen LogP contribution in [0.5, 0.6) is 0 Å². The highest BCUT2D eigenvalue weighted by atomic mass is 32.2. The number of pyridine rings is 1.